The van der Waals surface area contributed by atoms with Crippen molar-refractivity contribution >= 4 is 29.9 Å². The van der Waals surface area contributed by atoms with Gasteiger partial charge >= 0.3 is 0 Å². The van der Waals surface area contributed by atoms with Crippen LogP contribution < -0.4 is 10.6 Å². The molecular formula is C18H32IN3O2. The van der Waals surface area contributed by atoms with Crippen molar-refractivity contribution in [1.29, 1.82) is 0 Å². The Morgan fingerprint density at radius 2 is 2.12 bits per heavy atom. The lowest BCUT2D eigenvalue weighted by atomic mass is 9.83. The highest BCUT2D eigenvalue weighted by Crippen LogP contribution is 2.40. The number of nitrogens with one attached hydrogen (secondary N) is 2. The van der Waals surface area contributed by atoms with E-state index in [4.69, 9.17) is 9.15 Å². The second kappa shape index (κ2) is 11.7. The zero-order valence-corrected chi connectivity index (χ0v) is 17.3. The van der Waals surface area contributed by atoms with Gasteiger partial charge in [0.25, 0.3) is 0 Å². The number of halogens is 1. The summed E-state index contributed by atoms with van der Waals surface area (Å²) in [6.07, 6.45) is 9.28. The van der Waals surface area contributed by atoms with Gasteiger partial charge in [-0.1, -0.05) is 19.8 Å². The Bertz CT molecular complexity index is 457. The van der Waals surface area contributed by atoms with Gasteiger partial charge in [0, 0.05) is 26.7 Å². The van der Waals surface area contributed by atoms with Gasteiger partial charge in [-0.2, -0.15) is 0 Å². The van der Waals surface area contributed by atoms with Crippen LogP contribution in [0.25, 0.3) is 0 Å². The van der Waals surface area contributed by atoms with Crippen molar-refractivity contribution in [3.8, 4) is 0 Å². The molecule has 1 fully saturated rings. The van der Waals surface area contributed by atoms with E-state index in [0.717, 1.165) is 31.2 Å². The maximum absolute atomic E-state index is 5.57. The fourth-order valence-corrected chi connectivity index (χ4v) is 3.22. The largest absolute Gasteiger partial charge is 0.467 e. The van der Waals surface area contributed by atoms with Crippen molar-refractivity contribution in [2.45, 2.75) is 52.1 Å². The van der Waals surface area contributed by atoms with Crippen LogP contribution in [-0.2, 0) is 11.3 Å². The fourth-order valence-electron chi connectivity index (χ4n) is 3.22. The average Bonchev–Trinajstić information content (AvgIpc) is 3.25. The Balaban J connectivity index is 0.00000288. The molecule has 1 aliphatic carbocycles. The number of hydrogen-bond donors (Lipinski definition) is 2. The Morgan fingerprint density at radius 3 is 2.75 bits per heavy atom. The van der Waals surface area contributed by atoms with E-state index >= 15 is 0 Å². The Labute approximate surface area is 163 Å². The number of nitrogens with zero attached hydrogens (tertiary/aromatic N) is 1. The van der Waals surface area contributed by atoms with Crippen LogP contribution in [0.15, 0.2) is 27.8 Å². The predicted octanol–water partition coefficient (Wildman–Crippen LogP) is 3.94. The Morgan fingerprint density at radius 1 is 1.33 bits per heavy atom. The summed E-state index contributed by atoms with van der Waals surface area (Å²) >= 11 is 0. The molecule has 1 aromatic heterocycles. The van der Waals surface area contributed by atoms with Crippen LogP contribution in [0.3, 0.4) is 0 Å². The fraction of sp³-hybridized carbons (Fsp3) is 0.722. The molecule has 0 aromatic carbocycles. The Kier molecular flexibility index (Phi) is 10.4. The average molecular weight is 449 g/mol. The lowest BCUT2D eigenvalue weighted by molar-refractivity contribution is 0.105. The SMILES string of the molecule is CCC1(CNC(=NC)NCCCOCc2ccco2)CCCC1.I. The molecule has 1 aromatic rings. The Hall–Kier alpha value is -0.760. The lowest BCUT2D eigenvalue weighted by Crippen LogP contribution is -2.43. The van der Waals surface area contributed by atoms with Gasteiger partial charge in [0.05, 0.1) is 6.26 Å². The smallest absolute Gasteiger partial charge is 0.190 e. The van der Waals surface area contributed by atoms with Gasteiger partial charge in [0.2, 0.25) is 0 Å². The van der Waals surface area contributed by atoms with Gasteiger partial charge < -0.3 is 19.8 Å². The lowest BCUT2D eigenvalue weighted by Gasteiger charge is -2.28. The number of aliphatic imine (C=N–C) groups is 1. The summed E-state index contributed by atoms with van der Waals surface area (Å²) in [5.41, 5.74) is 0.476. The summed E-state index contributed by atoms with van der Waals surface area (Å²) in [6, 6.07) is 3.81. The molecule has 0 amide bonds. The number of hydrogen-bond acceptors (Lipinski definition) is 3. The van der Waals surface area contributed by atoms with E-state index in [-0.39, 0.29) is 24.0 Å². The first kappa shape index (κ1) is 21.3. The molecule has 1 saturated carbocycles. The molecular weight excluding hydrogens is 417 g/mol. The first-order valence-corrected chi connectivity index (χ1v) is 8.83. The van der Waals surface area contributed by atoms with E-state index in [1.807, 2.05) is 19.2 Å². The van der Waals surface area contributed by atoms with Crippen LogP contribution in [0.2, 0.25) is 0 Å². The van der Waals surface area contributed by atoms with Crippen LogP contribution in [-0.4, -0.2) is 32.7 Å². The molecule has 24 heavy (non-hydrogen) atoms. The highest BCUT2D eigenvalue weighted by atomic mass is 127. The first-order chi connectivity index (χ1) is 11.3. The second-order valence-electron chi connectivity index (χ2n) is 6.40. The zero-order valence-electron chi connectivity index (χ0n) is 15.0. The van der Waals surface area contributed by atoms with Crippen LogP contribution in [0.4, 0.5) is 0 Å². The van der Waals surface area contributed by atoms with Crippen molar-refractivity contribution in [2.75, 3.05) is 26.7 Å². The van der Waals surface area contributed by atoms with Gasteiger partial charge in [-0.05, 0) is 43.2 Å². The van der Waals surface area contributed by atoms with E-state index in [9.17, 15) is 0 Å². The standard InChI is InChI=1S/C18H31N3O2.HI/c1-3-18(9-4-5-10-18)15-21-17(19-2)20-11-7-12-22-14-16-8-6-13-23-16;/h6,8,13H,3-5,7,9-12,14-15H2,1-2H3,(H2,19,20,21);1H. The molecule has 0 spiro atoms. The van der Waals surface area contributed by atoms with Crippen molar-refractivity contribution in [2.24, 2.45) is 10.4 Å². The van der Waals surface area contributed by atoms with Crippen molar-refractivity contribution < 1.29 is 9.15 Å². The summed E-state index contributed by atoms with van der Waals surface area (Å²) < 4.78 is 10.8. The van der Waals surface area contributed by atoms with Gasteiger partial charge in [-0.3, -0.25) is 4.99 Å². The van der Waals surface area contributed by atoms with Crippen LogP contribution in [0, 0.1) is 5.41 Å². The minimum Gasteiger partial charge on any atom is -0.467 e. The molecule has 0 saturated heterocycles. The minimum absolute atomic E-state index is 0. The molecule has 6 heteroatoms. The molecule has 2 N–H and O–H groups in total. The third kappa shape index (κ3) is 7.01. The predicted molar refractivity (Wildman–Crippen MR) is 109 cm³/mol. The van der Waals surface area contributed by atoms with Gasteiger partial charge in [0.15, 0.2) is 5.96 Å². The van der Waals surface area contributed by atoms with Crippen LogP contribution in [0.1, 0.15) is 51.2 Å². The number of ether oxygens (including phenoxy) is 1. The monoisotopic (exact) mass is 449 g/mol. The third-order valence-corrected chi connectivity index (χ3v) is 4.85. The van der Waals surface area contributed by atoms with Crippen LogP contribution in [0.5, 0.6) is 0 Å². The van der Waals surface area contributed by atoms with Crippen LogP contribution >= 0.6 is 24.0 Å². The third-order valence-electron chi connectivity index (χ3n) is 4.85. The summed E-state index contributed by atoms with van der Waals surface area (Å²) in [5.74, 6) is 1.77. The molecule has 1 aliphatic rings. The van der Waals surface area contributed by atoms with Gasteiger partial charge in [0.1, 0.15) is 12.4 Å². The number of guanidine groups is 1. The molecule has 5 nitrogen and oxygen atoms in total. The minimum atomic E-state index is 0. The number of furan rings is 1. The molecule has 0 radical (unpaired) electrons. The van der Waals surface area contributed by atoms with Crippen molar-refractivity contribution in [3.63, 3.8) is 0 Å². The molecule has 2 rings (SSSR count). The maximum atomic E-state index is 5.57. The highest BCUT2D eigenvalue weighted by molar-refractivity contribution is 14.0. The van der Waals surface area contributed by atoms with E-state index in [1.54, 1.807) is 6.26 Å². The maximum Gasteiger partial charge on any atom is 0.190 e. The molecule has 0 unspecified atom stereocenters. The topological polar surface area (TPSA) is 58.8 Å². The quantitative estimate of drug-likeness (QED) is 0.260. The highest BCUT2D eigenvalue weighted by Gasteiger charge is 2.31. The molecule has 138 valence electrons. The number of rotatable bonds is 9. The molecule has 1 heterocycles. The normalized spacial score (nSPS) is 16.7. The second-order valence-corrected chi connectivity index (χ2v) is 6.40. The van der Waals surface area contributed by atoms with E-state index in [1.165, 1.54) is 32.1 Å². The summed E-state index contributed by atoms with van der Waals surface area (Å²) in [7, 11) is 1.83. The van der Waals surface area contributed by atoms with E-state index in [2.05, 4.69) is 22.5 Å². The summed E-state index contributed by atoms with van der Waals surface area (Å²) in [5, 5.41) is 6.86. The summed E-state index contributed by atoms with van der Waals surface area (Å²) in [4.78, 5) is 4.31. The molecule has 0 atom stereocenters. The molecule has 0 bridgehead atoms. The summed E-state index contributed by atoms with van der Waals surface area (Å²) in [6.45, 7) is 5.44. The van der Waals surface area contributed by atoms with Crippen molar-refractivity contribution in [1.82, 2.24) is 10.6 Å². The van der Waals surface area contributed by atoms with E-state index in [0.29, 0.717) is 18.6 Å². The van der Waals surface area contributed by atoms with Gasteiger partial charge in [-0.25, -0.2) is 0 Å². The zero-order chi connectivity index (χ0) is 16.4. The first-order valence-electron chi connectivity index (χ1n) is 8.83. The molecule has 0 aliphatic heterocycles. The van der Waals surface area contributed by atoms with Crippen molar-refractivity contribution in [3.05, 3.63) is 24.2 Å². The van der Waals surface area contributed by atoms with E-state index < -0.39 is 0 Å². The van der Waals surface area contributed by atoms with Gasteiger partial charge in [-0.15, -0.1) is 24.0 Å².